The van der Waals surface area contributed by atoms with Gasteiger partial charge in [-0.15, -0.1) is 0 Å². The third-order valence-corrected chi connectivity index (χ3v) is 71.8. The SMILES string of the molecule is CCCCC[CH2][Hf]([CH3])([CH3])(=[SiH2])([CH2]CCCCC)([CH]1C=Cc2c(-c3ccc(C(C)(C)C)cc3)cccc21)[CH]1C=Cc2c(-c3ccc(C(C)(C)C)cc3)cccc21. The number of rotatable bonds is 14. The molecule has 2 unspecified atom stereocenters. The summed E-state index contributed by atoms with van der Waals surface area (Å²) >= 11 is -5.22. The maximum absolute atomic E-state index is 5.22. The average Bonchev–Trinajstić information content (AvgIpc) is 3.79. The van der Waals surface area contributed by atoms with Gasteiger partial charge in [-0.05, 0) is 0 Å². The van der Waals surface area contributed by atoms with E-state index in [2.05, 4.69) is 181 Å². The van der Waals surface area contributed by atoms with Crippen molar-refractivity contribution in [3.63, 3.8) is 0 Å². The van der Waals surface area contributed by atoms with E-state index in [4.69, 9.17) is 0 Å². The zero-order chi connectivity index (χ0) is 39.1. The molecule has 2 heteroatoms. The monoisotopic (exact) mass is 904 g/mol. The van der Waals surface area contributed by atoms with Crippen molar-refractivity contribution < 1.29 is 14.2 Å². The van der Waals surface area contributed by atoms with E-state index in [0.29, 0.717) is 7.35 Å². The molecule has 0 saturated carbocycles. The van der Waals surface area contributed by atoms with Crippen LogP contribution in [0.3, 0.4) is 0 Å². The fourth-order valence-electron chi connectivity index (χ4n) is 11.5. The van der Waals surface area contributed by atoms with Gasteiger partial charge < -0.3 is 0 Å². The number of benzene rings is 4. The third kappa shape index (κ3) is 7.15. The molecule has 0 spiro atoms. The second kappa shape index (κ2) is 13.8. The van der Waals surface area contributed by atoms with Gasteiger partial charge in [0, 0.05) is 0 Å². The molecular formula is C52H72HfSi. The Kier molecular flexibility index (Phi) is 10.5. The fraction of sp³-hybridized carbons (Fsp3) is 0.462. The van der Waals surface area contributed by atoms with Crippen molar-refractivity contribution in [3.05, 3.63) is 130 Å². The molecule has 0 heterocycles. The Morgan fingerprint density at radius 1 is 0.500 bits per heavy atom. The Morgan fingerprint density at radius 3 is 1.20 bits per heavy atom. The molecule has 2 atom stereocenters. The van der Waals surface area contributed by atoms with Crippen molar-refractivity contribution in [2.45, 2.75) is 143 Å². The summed E-state index contributed by atoms with van der Waals surface area (Å²) in [7, 11) is 0. The van der Waals surface area contributed by atoms with E-state index in [9.17, 15) is 0 Å². The van der Waals surface area contributed by atoms with E-state index in [1.54, 1.807) is 11.1 Å². The van der Waals surface area contributed by atoms with Crippen LogP contribution < -0.4 is 0 Å². The molecule has 0 radical (unpaired) electrons. The van der Waals surface area contributed by atoms with Crippen LogP contribution in [-0.4, -0.2) is 6.94 Å². The molecule has 288 valence electrons. The summed E-state index contributed by atoms with van der Waals surface area (Å²) in [6.45, 7) is 21.2. The molecule has 0 nitrogen and oxygen atoms in total. The Hall–Kier alpha value is -2.55. The number of hydrogen-bond donors (Lipinski definition) is 0. The maximum atomic E-state index is 2.99. The van der Waals surface area contributed by atoms with Gasteiger partial charge in [-0.25, -0.2) is 0 Å². The van der Waals surface area contributed by atoms with E-state index >= 15 is 0 Å². The molecule has 0 aromatic heterocycles. The van der Waals surface area contributed by atoms with E-state index in [1.165, 1.54) is 104 Å². The van der Waals surface area contributed by atoms with Crippen molar-refractivity contribution in [1.82, 2.24) is 0 Å². The summed E-state index contributed by atoms with van der Waals surface area (Å²) in [5.74, 6) is 0. The van der Waals surface area contributed by atoms with Gasteiger partial charge in [0.05, 0.1) is 0 Å². The van der Waals surface area contributed by atoms with Crippen LogP contribution in [0.5, 0.6) is 0 Å². The van der Waals surface area contributed by atoms with Crippen LogP contribution in [0.15, 0.2) is 97.1 Å². The molecule has 0 N–H and O–H groups in total. The fourth-order valence-corrected chi connectivity index (χ4v) is 61.1. The Morgan fingerprint density at radius 2 is 0.870 bits per heavy atom. The van der Waals surface area contributed by atoms with Crippen LogP contribution in [0.25, 0.3) is 34.4 Å². The van der Waals surface area contributed by atoms with Gasteiger partial charge >= 0.3 is 329 Å². The summed E-state index contributed by atoms with van der Waals surface area (Å²) < 4.78 is 9.60. The van der Waals surface area contributed by atoms with Crippen molar-refractivity contribution >= 4 is 19.1 Å². The summed E-state index contributed by atoms with van der Waals surface area (Å²) in [4.78, 5) is 0. The van der Waals surface area contributed by atoms with E-state index in [1.807, 2.05) is 0 Å². The minimum absolute atomic E-state index is 0.144. The molecule has 0 bridgehead atoms. The summed E-state index contributed by atoms with van der Waals surface area (Å²) in [6.07, 6.45) is 21.1. The zero-order valence-corrected chi connectivity index (χ0v) is 40.8. The normalized spacial score (nSPS) is 18.8. The van der Waals surface area contributed by atoms with Crippen LogP contribution in [0.2, 0.25) is 17.7 Å². The Balaban J connectivity index is 1.56. The first-order valence-electron chi connectivity index (χ1n) is 21.7. The van der Waals surface area contributed by atoms with Crippen LogP contribution in [0.1, 0.15) is 147 Å². The molecular weight excluding hydrogens is 831 g/mol. The Labute approximate surface area is 326 Å². The second-order valence-corrected chi connectivity index (χ2v) is 99.5. The second-order valence-electron chi connectivity index (χ2n) is 22.5. The number of fused-ring (bicyclic) bond motifs is 2. The van der Waals surface area contributed by atoms with Crippen LogP contribution in [0, 0.1) is 0 Å². The predicted molar refractivity (Wildman–Crippen MR) is 243 cm³/mol. The quantitative estimate of drug-likeness (QED) is 0.0874. The molecule has 0 fully saturated rings. The standard InChI is InChI=1S/2C19H19.2C6H13.2CH3.Hf.H2Si/c2*1-19(2,3)16-12-10-15(11-13-16)18-9-5-7-14-6-4-8-17(14)18;2*1-3-5-6-4-2;;;;/h2*4-13H,1-3H3;2*1,3-6H2,2H3;2*1H3;;1H2. The summed E-state index contributed by atoms with van der Waals surface area (Å²) in [6, 6.07) is 33.5. The molecule has 4 aromatic carbocycles. The van der Waals surface area contributed by atoms with E-state index in [-0.39, 0.29) is 10.8 Å². The first kappa shape index (κ1) is 41.1. The molecule has 54 heavy (non-hydrogen) atoms. The molecule has 2 aliphatic rings. The average molecular weight is 904 g/mol. The topological polar surface area (TPSA) is 0 Å². The van der Waals surface area contributed by atoms with Gasteiger partial charge in [-0.2, -0.15) is 0 Å². The van der Waals surface area contributed by atoms with Crippen molar-refractivity contribution in [2.24, 2.45) is 0 Å². The van der Waals surface area contributed by atoms with Gasteiger partial charge in [0.1, 0.15) is 0 Å². The van der Waals surface area contributed by atoms with Gasteiger partial charge in [0.25, 0.3) is 0 Å². The Bertz CT molecular complexity index is 2030. The summed E-state index contributed by atoms with van der Waals surface area (Å²) in [5.41, 5.74) is 14.7. The van der Waals surface area contributed by atoms with Crippen LogP contribution >= 0.6 is 0 Å². The molecule has 2 aliphatic carbocycles. The summed E-state index contributed by atoms with van der Waals surface area (Å²) in [5, 5.41) is 0. The third-order valence-electron chi connectivity index (χ3n) is 15.3. The van der Waals surface area contributed by atoms with Crippen LogP contribution in [-0.2, 0) is 25.0 Å². The van der Waals surface area contributed by atoms with Gasteiger partial charge in [-0.1, -0.05) is 0 Å². The minimum atomic E-state index is -5.22. The van der Waals surface area contributed by atoms with Crippen molar-refractivity contribution in [3.8, 4) is 22.3 Å². The zero-order valence-electron chi connectivity index (χ0n) is 35.8. The van der Waals surface area contributed by atoms with Crippen molar-refractivity contribution in [2.75, 3.05) is 0 Å². The van der Waals surface area contributed by atoms with Gasteiger partial charge in [0.2, 0.25) is 0 Å². The molecule has 0 saturated heterocycles. The van der Waals surface area contributed by atoms with Gasteiger partial charge in [0.15, 0.2) is 0 Å². The van der Waals surface area contributed by atoms with Crippen molar-refractivity contribution in [1.29, 1.82) is 0 Å². The van der Waals surface area contributed by atoms with Gasteiger partial charge in [-0.3, -0.25) is 0 Å². The van der Waals surface area contributed by atoms with E-state index in [0.717, 1.165) is 0 Å². The number of unbranched alkanes of at least 4 members (excludes halogenated alkanes) is 6. The first-order chi connectivity index (χ1) is 25.3. The molecule has 6 rings (SSSR count). The predicted octanol–water partition coefficient (Wildman–Crippen LogP) is 15.9. The van der Waals surface area contributed by atoms with E-state index < -0.39 is 14.2 Å². The number of hydrogen-bond acceptors (Lipinski definition) is 0. The number of allylic oxidation sites excluding steroid dienone is 2. The molecule has 4 aromatic rings. The first-order valence-corrected chi connectivity index (χ1v) is 46.4. The molecule has 0 aliphatic heterocycles. The van der Waals surface area contributed by atoms with Crippen LogP contribution in [0.4, 0.5) is 0 Å². The molecule has 0 amide bonds.